The molecule has 2 aliphatic rings. The summed E-state index contributed by atoms with van der Waals surface area (Å²) >= 11 is 6.14. The molecule has 1 aliphatic carbocycles. The number of carbonyl (C=O) groups excluding carboxylic acids is 1. The van der Waals surface area contributed by atoms with E-state index in [4.69, 9.17) is 22.1 Å². The number of rotatable bonds is 4. The number of halogens is 2. The van der Waals surface area contributed by atoms with E-state index in [2.05, 4.69) is 10.2 Å². The van der Waals surface area contributed by atoms with Crippen LogP contribution in [-0.4, -0.2) is 47.2 Å². The number of aromatic amines is 1. The van der Waals surface area contributed by atoms with Crippen LogP contribution in [0.4, 0.5) is 0 Å². The van der Waals surface area contributed by atoms with Gasteiger partial charge in [0.25, 0.3) is 5.91 Å². The van der Waals surface area contributed by atoms with Crippen molar-refractivity contribution in [3.63, 3.8) is 0 Å². The average Bonchev–Trinajstić information content (AvgIpc) is 3.25. The zero-order chi connectivity index (χ0) is 18.1. The summed E-state index contributed by atoms with van der Waals surface area (Å²) in [6.45, 7) is 2.20. The fourth-order valence-electron chi connectivity index (χ4n) is 4.31. The Morgan fingerprint density at radius 1 is 1.41 bits per heavy atom. The molecule has 6 nitrogen and oxygen atoms in total. The Morgan fingerprint density at radius 3 is 3.07 bits per heavy atom. The number of nitrogens with two attached hydrogens (primary N) is 1. The lowest BCUT2D eigenvalue weighted by Crippen LogP contribution is -2.48. The van der Waals surface area contributed by atoms with E-state index in [9.17, 15) is 4.79 Å². The number of aromatic nitrogens is 2. The molecule has 0 radical (unpaired) electrons. The Bertz CT molecular complexity index is 826. The molecule has 0 saturated carbocycles. The second-order valence-corrected chi connectivity index (χ2v) is 7.59. The summed E-state index contributed by atoms with van der Waals surface area (Å²) < 4.78 is 5.67. The van der Waals surface area contributed by atoms with Crippen LogP contribution in [0, 0.1) is 0 Å². The van der Waals surface area contributed by atoms with Gasteiger partial charge in [-0.15, -0.1) is 12.4 Å². The number of ether oxygens (including phenoxy) is 1. The SMILES string of the molecule is Cl.NCCOc1ccc(Cl)cc1C(=O)N1CCCC2(CCc3cn[nH]c32)C1. The molecule has 1 atom stereocenters. The van der Waals surface area contributed by atoms with Crippen molar-refractivity contribution in [1.29, 1.82) is 0 Å². The fourth-order valence-corrected chi connectivity index (χ4v) is 4.48. The molecule has 8 heteroatoms. The van der Waals surface area contributed by atoms with Gasteiger partial charge >= 0.3 is 0 Å². The Labute approximate surface area is 169 Å². The highest BCUT2D eigenvalue weighted by atomic mass is 35.5. The third-order valence-electron chi connectivity index (χ3n) is 5.53. The summed E-state index contributed by atoms with van der Waals surface area (Å²) in [6.07, 6.45) is 6.06. The molecule has 146 valence electrons. The molecule has 0 bridgehead atoms. The van der Waals surface area contributed by atoms with E-state index in [-0.39, 0.29) is 23.7 Å². The number of carbonyl (C=O) groups is 1. The van der Waals surface area contributed by atoms with Crippen molar-refractivity contribution in [2.75, 3.05) is 26.2 Å². The van der Waals surface area contributed by atoms with Gasteiger partial charge in [0, 0.05) is 35.8 Å². The van der Waals surface area contributed by atoms with Crippen LogP contribution >= 0.6 is 24.0 Å². The van der Waals surface area contributed by atoms with Gasteiger partial charge in [-0.2, -0.15) is 5.10 Å². The first-order valence-corrected chi connectivity index (χ1v) is 9.45. The van der Waals surface area contributed by atoms with Gasteiger partial charge in [0.15, 0.2) is 0 Å². The molecule has 1 aromatic heterocycles. The van der Waals surface area contributed by atoms with Crippen LogP contribution in [0.1, 0.15) is 40.9 Å². The van der Waals surface area contributed by atoms with Gasteiger partial charge in [0.2, 0.25) is 0 Å². The van der Waals surface area contributed by atoms with Crippen molar-refractivity contribution in [3.05, 3.63) is 46.2 Å². The maximum atomic E-state index is 13.3. The Hall–Kier alpha value is -1.76. The van der Waals surface area contributed by atoms with Crippen LogP contribution in [0.5, 0.6) is 5.75 Å². The van der Waals surface area contributed by atoms with Gasteiger partial charge in [-0.05, 0) is 49.4 Å². The highest BCUT2D eigenvalue weighted by molar-refractivity contribution is 6.31. The molecular formula is C19H24Cl2N4O2. The van der Waals surface area contributed by atoms with Crippen molar-refractivity contribution in [3.8, 4) is 5.75 Å². The van der Waals surface area contributed by atoms with Crippen LogP contribution in [0.25, 0.3) is 0 Å². The van der Waals surface area contributed by atoms with E-state index in [0.717, 1.165) is 32.2 Å². The monoisotopic (exact) mass is 410 g/mol. The van der Waals surface area contributed by atoms with Gasteiger partial charge in [-0.25, -0.2) is 0 Å². The van der Waals surface area contributed by atoms with Gasteiger partial charge < -0.3 is 15.4 Å². The largest absolute Gasteiger partial charge is 0.491 e. The van der Waals surface area contributed by atoms with E-state index in [1.165, 1.54) is 11.3 Å². The number of hydrogen-bond donors (Lipinski definition) is 2. The van der Waals surface area contributed by atoms with Crippen LogP contribution in [0.15, 0.2) is 24.4 Å². The average molecular weight is 411 g/mol. The number of piperidine rings is 1. The van der Waals surface area contributed by atoms with Crippen molar-refractivity contribution in [2.24, 2.45) is 5.73 Å². The third kappa shape index (κ3) is 3.66. The zero-order valence-corrected chi connectivity index (χ0v) is 16.6. The highest BCUT2D eigenvalue weighted by Crippen LogP contribution is 2.44. The van der Waals surface area contributed by atoms with Gasteiger partial charge in [-0.3, -0.25) is 9.89 Å². The number of fused-ring (bicyclic) bond motifs is 2. The second kappa shape index (κ2) is 8.09. The minimum Gasteiger partial charge on any atom is -0.491 e. The Kier molecular flexibility index (Phi) is 5.99. The normalized spacial score (nSPS) is 21.0. The third-order valence-corrected chi connectivity index (χ3v) is 5.77. The Balaban J connectivity index is 0.00000210. The number of nitrogens with one attached hydrogen (secondary N) is 1. The predicted molar refractivity (Wildman–Crippen MR) is 107 cm³/mol. The Morgan fingerprint density at radius 2 is 2.26 bits per heavy atom. The maximum absolute atomic E-state index is 13.3. The zero-order valence-electron chi connectivity index (χ0n) is 15.0. The van der Waals surface area contributed by atoms with Crippen molar-refractivity contribution in [1.82, 2.24) is 15.1 Å². The number of benzene rings is 1. The molecule has 1 amide bonds. The van der Waals surface area contributed by atoms with E-state index in [1.54, 1.807) is 18.2 Å². The van der Waals surface area contributed by atoms with Gasteiger partial charge in [0.05, 0.1) is 11.8 Å². The molecule has 2 aromatic rings. The van der Waals surface area contributed by atoms with Gasteiger partial charge in [0.1, 0.15) is 12.4 Å². The standard InChI is InChI=1S/C19H23ClN4O2.ClH/c20-14-2-3-16(26-9-7-21)15(10-14)18(25)24-8-1-5-19(12-24)6-4-13-11-22-23-17(13)19;/h2-3,10-11H,1,4-9,12,21H2,(H,22,23);1H. The molecule has 1 aliphatic heterocycles. The first-order valence-electron chi connectivity index (χ1n) is 9.07. The summed E-state index contributed by atoms with van der Waals surface area (Å²) in [5, 5.41) is 7.91. The second-order valence-electron chi connectivity index (χ2n) is 7.16. The van der Waals surface area contributed by atoms with Gasteiger partial charge in [-0.1, -0.05) is 11.6 Å². The molecular weight excluding hydrogens is 387 g/mol. The fraction of sp³-hybridized carbons (Fsp3) is 0.474. The molecule has 1 spiro atoms. The summed E-state index contributed by atoms with van der Waals surface area (Å²) in [7, 11) is 0. The molecule has 2 heterocycles. The summed E-state index contributed by atoms with van der Waals surface area (Å²) in [5.74, 6) is 0.504. The quantitative estimate of drug-likeness (QED) is 0.811. The van der Waals surface area contributed by atoms with Crippen LogP contribution in [0.3, 0.4) is 0 Å². The lowest BCUT2D eigenvalue weighted by molar-refractivity contribution is 0.0628. The predicted octanol–water partition coefficient (Wildman–Crippen LogP) is 2.94. The molecule has 1 saturated heterocycles. The van der Waals surface area contributed by atoms with Crippen molar-refractivity contribution >= 4 is 29.9 Å². The lowest BCUT2D eigenvalue weighted by atomic mass is 9.77. The number of hydrogen-bond acceptors (Lipinski definition) is 4. The van der Waals surface area contributed by atoms with Crippen LogP contribution in [0.2, 0.25) is 5.02 Å². The molecule has 1 fully saturated rings. The molecule has 27 heavy (non-hydrogen) atoms. The number of likely N-dealkylation sites (tertiary alicyclic amines) is 1. The minimum absolute atomic E-state index is 0. The number of nitrogens with zero attached hydrogens (tertiary/aromatic N) is 2. The number of H-pyrrole nitrogens is 1. The van der Waals surface area contributed by atoms with Crippen LogP contribution < -0.4 is 10.5 Å². The molecule has 4 rings (SSSR count). The molecule has 3 N–H and O–H groups in total. The maximum Gasteiger partial charge on any atom is 0.257 e. The van der Waals surface area contributed by atoms with E-state index in [1.807, 2.05) is 11.1 Å². The van der Waals surface area contributed by atoms with Crippen molar-refractivity contribution < 1.29 is 9.53 Å². The number of aryl methyl sites for hydroxylation is 1. The van der Waals surface area contributed by atoms with E-state index < -0.39 is 0 Å². The smallest absolute Gasteiger partial charge is 0.257 e. The summed E-state index contributed by atoms with van der Waals surface area (Å²) in [6, 6.07) is 5.16. The lowest BCUT2D eigenvalue weighted by Gasteiger charge is -2.40. The highest BCUT2D eigenvalue weighted by Gasteiger charge is 2.44. The summed E-state index contributed by atoms with van der Waals surface area (Å²) in [5.41, 5.74) is 8.53. The topological polar surface area (TPSA) is 84.2 Å². The molecule has 1 unspecified atom stereocenters. The van der Waals surface area contributed by atoms with Crippen molar-refractivity contribution in [2.45, 2.75) is 31.1 Å². The first-order chi connectivity index (χ1) is 12.6. The van der Waals surface area contributed by atoms with Crippen LogP contribution in [-0.2, 0) is 11.8 Å². The van der Waals surface area contributed by atoms with E-state index in [0.29, 0.717) is 36.0 Å². The minimum atomic E-state index is -0.0356. The van der Waals surface area contributed by atoms with E-state index >= 15 is 0 Å². The molecule has 1 aromatic carbocycles. The first kappa shape index (κ1) is 20.0. The summed E-state index contributed by atoms with van der Waals surface area (Å²) in [4.78, 5) is 15.2. The number of amides is 1.